The van der Waals surface area contributed by atoms with Crippen molar-refractivity contribution in [2.75, 3.05) is 12.8 Å². The van der Waals surface area contributed by atoms with Gasteiger partial charge in [-0.15, -0.1) is 0 Å². The first-order chi connectivity index (χ1) is 5.31. The molecule has 0 atom stereocenters. The van der Waals surface area contributed by atoms with Crippen LogP contribution in [0.15, 0.2) is 0 Å². The maximum absolute atomic E-state index is 10.7. The molecule has 0 spiro atoms. The Kier molecular flexibility index (Phi) is 7.79. The van der Waals surface area contributed by atoms with E-state index < -0.39 is 0 Å². The molecule has 0 aromatic carbocycles. The van der Waals surface area contributed by atoms with E-state index in [4.69, 9.17) is 0 Å². The second-order valence-electron chi connectivity index (χ2n) is 2.48. The van der Waals surface area contributed by atoms with E-state index in [-0.39, 0.29) is 5.24 Å². The van der Waals surface area contributed by atoms with Crippen LogP contribution in [-0.2, 0) is 0 Å². The Morgan fingerprint density at radius 2 is 2.09 bits per heavy atom. The van der Waals surface area contributed by atoms with Crippen LogP contribution in [0.3, 0.4) is 0 Å². The summed E-state index contributed by atoms with van der Waals surface area (Å²) < 4.78 is 0. The SMILES string of the molecule is CCCCCCNC(=O)SC. The first-order valence-corrected chi connectivity index (χ1v) is 5.35. The summed E-state index contributed by atoms with van der Waals surface area (Å²) in [5, 5.41) is 2.90. The van der Waals surface area contributed by atoms with Gasteiger partial charge >= 0.3 is 0 Å². The highest BCUT2D eigenvalue weighted by atomic mass is 32.2. The van der Waals surface area contributed by atoms with Crippen molar-refractivity contribution in [3.05, 3.63) is 0 Å². The van der Waals surface area contributed by atoms with Crippen molar-refractivity contribution >= 4 is 17.0 Å². The minimum atomic E-state index is 0.0847. The third-order valence-electron chi connectivity index (χ3n) is 1.49. The smallest absolute Gasteiger partial charge is 0.278 e. The molecule has 0 aliphatic carbocycles. The van der Waals surface area contributed by atoms with Crippen LogP contribution >= 0.6 is 11.8 Å². The number of amides is 1. The molecule has 1 N–H and O–H groups in total. The zero-order valence-corrected chi connectivity index (χ0v) is 8.17. The van der Waals surface area contributed by atoms with Gasteiger partial charge in [-0.2, -0.15) is 0 Å². The van der Waals surface area contributed by atoms with Gasteiger partial charge in [0.1, 0.15) is 0 Å². The highest BCUT2D eigenvalue weighted by Gasteiger charge is 1.94. The van der Waals surface area contributed by atoms with E-state index in [1.54, 1.807) is 6.26 Å². The molecule has 0 bridgehead atoms. The molecular formula is C8H17NOS. The molecule has 0 saturated heterocycles. The minimum Gasteiger partial charge on any atom is -0.347 e. The largest absolute Gasteiger partial charge is 0.347 e. The van der Waals surface area contributed by atoms with E-state index >= 15 is 0 Å². The first-order valence-electron chi connectivity index (χ1n) is 4.13. The lowest BCUT2D eigenvalue weighted by molar-refractivity contribution is 0.260. The lowest BCUT2D eigenvalue weighted by atomic mass is 10.2. The van der Waals surface area contributed by atoms with Crippen molar-refractivity contribution in [3.8, 4) is 0 Å². The molecule has 1 amide bonds. The van der Waals surface area contributed by atoms with Crippen LogP contribution in [0.5, 0.6) is 0 Å². The molecule has 0 aromatic heterocycles. The maximum atomic E-state index is 10.7. The molecule has 0 heterocycles. The van der Waals surface area contributed by atoms with E-state index in [0.717, 1.165) is 13.0 Å². The van der Waals surface area contributed by atoms with E-state index in [1.807, 2.05) is 0 Å². The van der Waals surface area contributed by atoms with E-state index in [9.17, 15) is 4.79 Å². The maximum Gasteiger partial charge on any atom is 0.278 e. The average Bonchev–Trinajstić information content (AvgIpc) is 2.04. The fourth-order valence-corrected chi connectivity index (χ4v) is 1.06. The molecule has 0 aliphatic heterocycles. The molecule has 66 valence electrons. The van der Waals surface area contributed by atoms with Gasteiger partial charge in [0.05, 0.1) is 0 Å². The first kappa shape index (κ1) is 10.8. The van der Waals surface area contributed by atoms with Crippen molar-refractivity contribution in [3.63, 3.8) is 0 Å². The van der Waals surface area contributed by atoms with Crippen LogP contribution in [0.25, 0.3) is 0 Å². The predicted octanol–water partition coefficient (Wildman–Crippen LogP) is 2.64. The van der Waals surface area contributed by atoms with Gasteiger partial charge in [-0.3, -0.25) is 4.79 Å². The highest BCUT2D eigenvalue weighted by molar-refractivity contribution is 8.12. The fraction of sp³-hybridized carbons (Fsp3) is 0.875. The third-order valence-corrected chi connectivity index (χ3v) is 2.00. The van der Waals surface area contributed by atoms with Crippen LogP contribution < -0.4 is 5.32 Å². The minimum absolute atomic E-state index is 0.0847. The summed E-state index contributed by atoms with van der Waals surface area (Å²) in [4.78, 5) is 10.7. The molecule has 0 unspecified atom stereocenters. The molecule has 0 saturated carbocycles. The van der Waals surface area contributed by atoms with Crippen LogP contribution in [-0.4, -0.2) is 18.0 Å². The monoisotopic (exact) mass is 175 g/mol. The average molecular weight is 175 g/mol. The standard InChI is InChI=1S/C8H17NOS/c1-3-4-5-6-7-9-8(10)11-2/h3-7H2,1-2H3,(H,9,10). The van der Waals surface area contributed by atoms with E-state index in [1.165, 1.54) is 31.0 Å². The number of hydrogen-bond acceptors (Lipinski definition) is 2. The molecule has 11 heavy (non-hydrogen) atoms. The second-order valence-corrected chi connectivity index (χ2v) is 3.26. The van der Waals surface area contributed by atoms with Crippen LogP contribution in [0, 0.1) is 0 Å². The van der Waals surface area contributed by atoms with Crippen molar-refractivity contribution < 1.29 is 4.79 Å². The Morgan fingerprint density at radius 1 is 1.36 bits per heavy atom. The van der Waals surface area contributed by atoms with Crippen molar-refractivity contribution in [1.82, 2.24) is 5.32 Å². The number of carbonyl (C=O) groups excluding carboxylic acids is 1. The topological polar surface area (TPSA) is 29.1 Å². The summed E-state index contributed by atoms with van der Waals surface area (Å²) in [6.45, 7) is 3.01. The van der Waals surface area contributed by atoms with Gasteiger partial charge in [0.2, 0.25) is 0 Å². The van der Waals surface area contributed by atoms with Crippen LogP contribution in [0.2, 0.25) is 0 Å². The fourth-order valence-electron chi connectivity index (χ4n) is 0.814. The summed E-state index contributed by atoms with van der Waals surface area (Å²) in [5.74, 6) is 0. The number of thioether (sulfide) groups is 1. The zero-order chi connectivity index (χ0) is 8.53. The van der Waals surface area contributed by atoms with Gasteiger partial charge in [0, 0.05) is 6.54 Å². The second kappa shape index (κ2) is 7.92. The zero-order valence-electron chi connectivity index (χ0n) is 7.35. The summed E-state index contributed by atoms with van der Waals surface area (Å²) in [7, 11) is 0. The summed E-state index contributed by atoms with van der Waals surface area (Å²) in [5.41, 5.74) is 0. The summed E-state index contributed by atoms with van der Waals surface area (Å²) >= 11 is 1.24. The lowest BCUT2D eigenvalue weighted by Gasteiger charge is -2.01. The van der Waals surface area contributed by atoms with Gasteiger partial charge in [-0.25, -0.2) is 0 Å². The number of carbonyl (C=O) groups is 1. The lowest BCUT2D eigenvalue weighted by Crippen LogP contribution is -2.19. The Morgan fingerprint density at radius 3 is 2.64 bits per heavy atom. The summed E-state index contributed by atoms with van der Waals surface area (Å²) in [6, 6.07) is 0. The van der Waals surface area contributed by atoms with Crippen molar-refractivity contribution in [1.29, 1.82) is 0 Å². The Hall–Kier alpha value is -0.180. The van der Waals surface area contributed by atoms with Crippen molar-refractivity contribution in [2.24, 2.45) is 0 Å². The molecule has 0 fully saturated rings. The summed E-state index contributed by atoms with van der Waals surface area (Å²) in [6.07, 6.45) is 6.65. The number of hydrogen-bond donors (Lipinski definition) is 1. The molecular weight excluding hydrogens is 158 g/mol. The Labute approximate surface area is 73.1 Å². The normalized spacial score (nSPS) is 9.64. The van der Waals surface area contributed by atoms with Gasteiger partial charge in [0.25, 0.3) is 5.24 Å². The van der Waals surface area contributed by atoms with Gasteiger partial charge in [0.15, 0.2) is 0 Å². The van der Waals surface area contributed by atoms with Crippen LogP contribution in [0.1, 0.15) is 32.6 Å². The van der Waals surface area contributed by atoms with Gasteiger partial charge < -0.3 is 5.32 Å². The highest BCUT2D eigenvalue weighted by Crippen LogP contribution is 1.98. The number of unbranched alkanes of at least 4 members (excludes halogenated alkanes) is 3. The third kappa shape index (κ3) is 7.72. The van der Waals surface area contributed by atoms with Crippen LogP contribution in [0.4, 0.5) is 4.79 Å². The molecule has 0 rings (SSSR count). The predicted molar refractivity (Wildman–Crippen MR) is 51.1 cm³/mol. The van der Waals surface area contributed by atoms with Crippen molar-refractivity contribution in [2.45, 2.75) is 32.6 Å². The molecule has 3 heteroatoms. The molecule has 0 aliphatic rings. The molecule has 0 radical (unpaired) electrons. The van der Waals surface area contributed by atoms with Gasteiger partial charge in [-0.1, -0.05) is 37.9 Å². The number of nitrogens with one attached hydrogen (secondary N) is 1. The quantitative estimate of drug-likeness (QED) is 0.651. The molecule has 0 aromatic rings. The van der Waals surface area contributed by atoms with E-state index in [0.29, 0.717) is 0 Å². The van der Waals surface area contributed by atoms with Gasteiger partial charge in [-0.05, 0) is 12.7 Å². The number of rotatable bonds is 5. The Bertz CT molecular complexity index is 106. The van der Waals surface area contributed by atoms with E-state index in [2.05, 4.69) is 12.2 Å². The Balaban J connectivity index is 2.95. The molecule has 2 nitrogen and oxygen atoms in total.